The molecule has 2 aromatic rings. The van der Waals surface area contributed by atoms with Crippen molar-refractivity contribution in [3.8, 4) is 11.5 Å². The maximum Gasteiger partial charge on any atom is 0.234 e. The van der Waals surface area contributed by atoms with Crippen molar-refractivity contribution in [2.45, 2.75) is 25.2 Å². The van der Waals surface area contributed by atoms with Gasteiger partial charge in [-0.3, -0.25) is 4.79 Å². The number of aromatic hydroxyl groups is 1. The molecule has 0 bridgehead atoms. The Morgan fingerprint density at radius 2 is 2.04 bits per heavy atom. The Labute approximate surface area is 135 Å². The molecule has 4 nitrogen and oxygen atoms in total. The fourth-order valence-corrected chi connectivity index (χ4v) is 3.64. The van der Waals surface area contributed by atoms with E-state index < -0.39 is 0 Å². The molecule has 4 heteroatoms. The number of carbonyl (C=O) groups excluding carboxylic acids is 1. The van der Waals surface area contributed by atoms with E-state index in [0.29, 0.717) is 25.3 Å². The lowest BCUT2D eigenvalue weighted by Gasteiger charge is -2.34. The molecule has 2 aliphatic rings. The van der Waals surface area contributed by atoms with Crippen LogP contribution in [0.15, 0.2) is 42.5 Å². The molecule has 0 saturated heterocycles. The molecule has 2 aliphatic heterocycles. The van der Waals surface area contributed by atoms with Gasteiger partial charge in [-0.25, -0.2) is 0 Å². The number of phenols is 1. The van der Waals surface area contributed by atoms with Crippen molar-refractivity contribution >= 4 is 11.6 Å². The van der Waals surface area contributed by atoms with Crippen molar-refractivity contribution < 1.29 is 14.6 Å². The highest BCUT2D eigenvalue weighted by Gasteiger charge is 2.34. The molecule has 0 unspecified atom stereocenters. The van der Waals surface area contributed by atoms with E-state index in [4.69, 9.17) is 4.74 Å². The van der Waals surface area contributed by atoms with Crippen LogP contribution in [0.4, 0.5) is 5.69 Å². The Bertz CT molecular complexity index is 756. The zero-order valence-electron chi connectivity index (χ0n) is 12.9. The summed E-state index contributed by atoms with van der Waals surface area (Å²) in [6.45, 7) is 1.21. The number of anilines is 1. The summed E-state index contributed by atoms with van der Waals surface area (Å²) in [7, 11) is 0. The van der Waals surface area contributed by atoms with Gasteiger partial charge < -0.3 is 14.7 Å². The summed E-state index contributed by atoms with van der Waals surface area (Å²) in [5, 5.41) is 10.3. The first-order valence-corrected chi connectivity index (χ1v) is 8.09. The molecule has 0 aromatic heterocycles. The minimum absolute atomic E-state index is 0.0585. The normalized spacial score (nSPS) is 19.5. The van der Waals surface area contributed by atoms with Gasteiger partial charge in [-0.15, -0.1) is 0 Å². The summed E-state index contributed by atoms with van der Waals surface area (Å²) in [6.07, 6.45) is 2.50. The van der Waals surface area contributed by atoms with Crippen molar-refractivity contribution in [3.05, 3.63) is 53.6 Å². The van der Waals surface area contributed by atoms with E-state index in [1.165, 1.54) is 0 Å². The first kappa shape index (κ1) is 14.1. The van der Waals surface area contributed by atoms with Crippen LogP contribution in [0.25, 0.3) is 0 Å². The van der Waals surface area contributed by atoms with E-state index in [1.54, 1.807) is 11.0 Å². The highest BCUT2D eigenvalue weighted by Crippen LogP contribution is 2.40. The molecular weight excluding hydrogens is 290 g/mol. The number of benzene rings is 2. The van der Waals surface area contributed by atoms with Crippen LogP contribution in [0.5, 0.6) is 11.5 Å². The van der Waals surface area contributed by atoms with Gasteiger partial charge >= 0.3 is 0 Å². The average Bonchev–Trinajstić information content (AvgIpc) is 2.60. The quantitative estimate of drug-likeness (QED) is 0.880. The lowest BCUT2D eigenvalue weighted by atomic mass is 9.90. The van der Waals surface area contributed by atoms with Gasteiger partial charge in [0.15, 0.2) is 0 Å². The molecule has 0 radical (unpaired) electrons. The van der Waals surface area contributed by atoms with Crippen molar-refractivity contribution in [3.63, 3.8) is 0 Å². The maximum absolute atomic E-state index is 13.2. The summed E-state index contributed by atoms with van der Waals surface area (Å²) in [4.78, 5) is 15.0. The number of rotatable bonds is 1. The fraction of sp³-hybridized carbons (Fsp3) is 0.316. The Morgan fingerprint density at radius 3 is 2.96 bits per heavy atom. The first-order chi connectivity index (χ1) is 11.3. The van der Waals surface area contributed by atoms with Crippen LogP contribution in [0.1, 0.15) is 29.9 Å². The Hall–Kier alpha value is -2.49. The summed E-state index contributed by atoms with van der Waals surface area (Å²) >= 11 is 0. The molecule has 23 heavy (non-hydrogen) atoms. The van der Waals surface area contributed by atoms with E-state index in [9.17, 15) is 9.90 Å². The molecule has 2 heterocycles. The molecule has 0 spiro atoms. The van der Waals surface area contributed by atoms with Gasteiger partial charge in [0.1, 0.15) is 11.5 Å². The smallest absolute Gasteiger partial charge is 0.234 e. The number of ether oxygens (including phenoxy) is 1. The number of hydrogen-bond acceptors (Lipinski definition) is 3. The fourth-order valence-electron chi connectivity index (χ4n) is 3.64. The van der Waals surface area contributed by atoms with E-state index >= 15 is 0 Å². The number of fused-ring (bicyclic) bond motifs is 2. The molecule has 1 N–H and O–H groups in total. The predicted octanol–water partition coefficient (Wildman–Crippen LogP) is 3.24. The second-order valence-electron chi connectivity index (χ2n) is 6.11. The molecule has 1 atom stereocenters. The Kier molecular flexibility index (Phi) is 3.45. The highest BCUT2D eigenvalue weighted by molar-refractivity contribution is 6.00. The number of amides is 1. The van der Waals surface area contributed by atoms with Gasteiger partial charge in [-0.05, 0) is 37.0 Å². The summed E-state index contributed by atoms with van der Waals surface area (Å²) in [6, 6.07) is 13.2. The van der Waals surface area contributed by atoms with E-state index in [0.717, 1.165) is 29.7 Å². The van der Waals surface area contributed by atoms with E-state index in [1.807, 2.05) is 36.4 Å². The number of carbonyl (C=O) groups is 1. The van der Waals surface area contributed by atoms with Crippen molar-refractivity contribution in [2.24, 2.45) is 0 Å². The van der Waals surface area contributed by atoms with Crippen LogP contribution in [0.2, 0.25) is 0 Å². The predicted molar refractivity (Wildman–Crippen MR) is 88.1 cm³/mol. The second-order valence-corrected chi connectivity index (χ2v) is 6.11. The zero-order valence-corrected chi connectivity index (χ0v) is 12.9. The third-order valence-corrected chi connectivity index (χ3v) is 4.72. The van der Waals surface area contributed by atoms with Crippen LogP contribution in [0.3, 0.4) is 0 Å². The van der Waals surface area contributed by atoms with Crippen molar-refractivity contribution in [1.29, 1.82) is 0 Å². The SMILES string of the molecule is O=C([C@H]1CCOc2ccccc21)N1CCCc2cccc(O)c21. The molecule has 0 fully saturated rings. The highest BCUT2D eigenvalue weighted by atomic mass is 16.5. The minimum atomic E-state index is -0.203. The Morgan fingerprint density at radius 1 is 1.17 bits per heavy atom. The molecule has 0 saturated carbocycles. The molecule has 2 aromatic carbocycles. The largest absolute Gasteiger partial charge is 0.506 e. The monoisotopic (exact) mass is 309 g/mol. The van der Waals surface area contributed by atoms with Gasteiger partial charge in [0.2, 0.25) is 5.91 Å². The topological polar surface area (TPSA) is 49.8 Å². The lowest BCUT2D eigenvalue weighted by molar-refractivity contribution is -0.120. The summed E-state index contributed by atoms with van der Waals surface area (Å²) in [5.74, 6) is 0.844. The summed E-state index contributed by atoms with van der Waals surface area (Å²) in [5.41, 5.74) is 2.68. The molecule has 0 aliphatic carbocycles. The number of phenolic OH excluding ortho intramolecular Hbond substituents is 1. The molecule has 118 valence electrons. The molecular formula is C19H19NO3. The third kappa shape index (κ3) is 2.34. The number of para-hydroxylation sites is 2. The molecule has 1 amide bonds. The van der Waals surface area contributed by atoms with Crippen molar-refractivity contribution in [1.82, 2.24) is 0 Å². The van der Waals surface area contributed by atoms with Gasteiger partial charge in [0, 0.05) is 12.1 Å². The lowest BCUT2D eigenvalue weighted by Crippen LogP contribution is -2.40. The van der Waals surface area contributed by atoms with Crippen LogP contribution in [0, 0.1) is 0 Å². The van der Waals surface area contributed by atoms with Gasteiger partial charge in [-0.2, -0.15) is 0 Å². The van der Waals surface area contributed by atoms with Gasteiger partial charge in [0.25, 0.3) is 0 Å². The summed E-state index contributed by atoms with van der Waals surface area (Å²) < 4.78 is 5.66. The first-order valence-electron chi connectivity index (χ1n) is 8.09. The number of hydrogen-bond donors (Lipinski definition) is 1. The maximum atomic E-state index is 13.2. The Balaban J connectivity index is 1.72. The van der Waals surface area contributed by atoms with E-state index in [-0.39, 0.29) is 17.6 Å². The average molecular weight is 309 g/mol. The van der Waals surface area contributed by atoms with Gasteiger partial charge in [-0.1, -0.05) is 30.3 Å². The number of aryl methyl sites for hydroxylation is 1. The minimum Gasteiger partial charge on any atom is -0.506 e. The standard InChI is InChI=1S/C19H19NO3/c21-16-8-3-5-13-6-4-11-20(18(13)16)19(22)15-10-12-23-17-9-2-1-7-14(15)17/h1-3,5,7-9,15,21H,4,6,10-12H2/t15-/m0/s1. The van der Waals surface area contributed by atoms with Crippen LogP contribution in [-0.2, 0) is 11.2 Å². The molecule has 4 rings (SSSR count). The van der Waals surface area contributed by atoms with Crippen LogP contribution in [-0.4, -0.2) is 24.2 Å². The van der Waals surface area contributed by atoms with Crippen molar-refractivity contribution in [2.75, 3.05) is 18.1 Å². The number of nitrogens with zero attached hydrogens (tertiary/aromatic N) is 1. The van der Waals surface area contributed by atoms with Crippen LogP contribution >= 0.6 is 0 Å². The van der Waals surface area contributed by atoms with Gasteiger partial charge in [0.05, 0.1) is 18.2 Å². The second kappa shape index (κ2) is 5.61. The van der Waals surface area contributed by atoms with E-state index in [2.05, 4.69) is 0 Å². The third-order valence-electron chi connectivity index (χ3n) is 4.72. The van der Waals surface area contributed by atoms with Crippen LogP contribution < -0.4 is 9.64 Å². The zero-order chi connectivity index (χ0) is 15.8.